The van der Waals surface area contributed by atoms with Gasteiger partial charge in [-0.3, -0.25) is 9.69 Å². The van der Waals surface area contributed by atoms with Crippen LogP contribution in [-0.4, -0.2) is 44.4 Å². The number of amides is 1. The molecule has 2 heterocycles. The van der Waals surface area contributed by atoms with Gasteiger partial charge in [0.05, 0.1) is 6.04 Å². The smallest absolute Gasteiger partial charge is 0.250 e. The topological polar surface area (TPSA) is 78.5 Å². The van der Waals surface area contributed by atoms with Gasteiger partial charge in [0.2, 0.25) is 15.9 Å². The summed E-state index contributed by atoms with van der Waals surface area (Å²) in [5.41, 5.74) is 0.758. The highest BCUT2D eigenvalue weighted by atomic mass is 79.9. The summed E-state index contributed by atoms with van der Waals surface area (Å²) in [5.74, 6) is -0.0602. The number of carbonyl (C=O) groups excluding carboxylic acids is 1. The van der Waals surface area contributed by atoms with Crippen molar-refractivity contribution in [2.45, 2.75) is 36.1 Å². The van der Waals surface area contributed by atoms with Gasteiger partial charge in [0.25, 0.3) is 0 Å². The minimum absolute atomic E-state index is 0.0602. The molecule has 1 fully saturated rings. The number of hydrogen-bond acceptors (Lipinski definition) is 5. The molecular formula is C18H22BrN3O3S2. The first-order valence-corrected chi connectivity index (χ1v) is 11.9. The third-order valence-corrected chi connectivity index (χ3v) is 8.10. The Morgan fingerprint density at radius 3 is 2.48 bits per heavy atom. The van der Waals surface area contributed by atoms with Crippen LogP contribution >= 0.6 is 27.3 Å². The van der Waals surface area contributed by atoms with Gasteiger partial charge in [-0.2, -0.15) is 0 Å². The van der Waals surface area contributed by atoms with Crippen LogP contribution in [-0.2, 0) is 14.8 Å². The van der Waals surface area contributed by atoms with Gasteiger partial charge in [0, 0.05) is 29.3 Å². The summed E-state index contributed by atoms with van der Waals surface area (Å²) in [6.07, 6.45) is 1.36. The Morgan fingerprint density at radius 2 is 1.89 bits per heavy atom. The zero-order valence-corrected chi connectivity index (χ0v) is 18.1. The van der Waals surface area contributed by atoms with Crippen molar-refractivity contribution in [3.63, 3.8) is 0 Å². The highest BCUT2D eigenvalue weighted by Crippen LogP contribution is 2.20. The van der Waals surface area contributed by atoms with Crippen molar-refractivity contribution in [2.75, 3.05) is 18.4 Å². The number of nitrogens with zero attached hydrogens (tertiary/aromatic N) is 1. The Bertz CT molecular complexity index is 862. The van der Waals surface area contributed by atoms with Crippen molar-refractivity contribution in [1.29, 1.82) is 0 Å². The maximum Gasteiger partial charge on any atom is 0.250 e. The van der Waals surface area contributed by atoms with E-state index in [2.05, 4.69) is 30.9 Å². The quantitative estimate of drug-likeness (QED) is 0.677. The van der Waals surface area contributed by atoms with Crippen LogP contribution in [0.25, 0.3) is 0 Å². The maximum absolute atomic E-state index is 12.5. The van der Waals surface area contributed by atoms with E-state index < -0.39 is 10.0 Å². The summed E-state index contributed by atoms with van der Waals surface area (Å²) in [4.78, 5) is 14.6. The van der Waals surface area contributed by atoms with E-state index in [1.807, 2.05) is 31.2 Å². The lowest BCUT2D eigenvalue weighted by atomic mass is 10.0. The van der Waals surface area contributed by atoms with Crippen LogP contribution in [0.3, 0.4) is 0 Å². The second kappa shape index (κ2) is 8.83. The molecule has 1 saturated heterocycles. The lowest BCUT2D eigenvalue weighted by Gasteiger charge is -2.35. The van der Waals surface area contributed by atoms with Crippen molar-refractivity contribution in [1.82, 2.24) is 9.62 Å². The van der Waals surface area contributed by atoms with Crippen molar-refractivity contribution < 1.29 is 13.2 Å². The molecule has 0 radical (unpaired) electrons. The van der Waals surface area contributed by atoms with E-state index in [1.54, 1.807) is 17.5 Å². The summed E-state index contributed by atoms with van der Waals surface area (Å²) < 4.78 is 28.7. The molecule has 0 bridgehead atoms. The zero-order chi connectivity index (χ0) is 19.4. The molecular weight excluding hydrogens is 450 g/mol. The number of rotatable bonds is 6. The predicted octanol–water partition coefficient (Wildman–Crippen LogP) is 3.28. The molecule has 1 aromatic carbocycles. The molecule has 3 rings (SSSR count). The third-order valence-electron chi connectivity index (χ3n) is 4.65. The van der Waals surface area contributed by atoms with E-state index in [4.69, 9.17) is 0 Å². The lowest BCUT2D eigenvalue weighted by Crippen LogP contribution is -2.50. The summed E-state index contributed by atoms with van der Waals surface area (Å²) in [5, 5.41) is 4.68. The summed E-state index contributed by atoms with van der Waals surface area (Å²) in [6, 6.07) is 10.4. The Balaban J connectivity index is 1.51. The highest BCUT2D eigenvalue weighted by Gasteiger charge is 2.29. The van der Waals surface area contributed by atoms with Crippen LogP contribution in [0.1, 0.15) is 19.8 Å². The van der Waals surface area contributed by atoms with Crippen LogP contribution in [0, 0.1) is 0 Å². The van der Waals surface area contributed by atoms with Crippen molar-refractivity contribution in [3.8, 4) is 0 Å². The minimum atomic E-state index is -3.45. The molecule has 0 saturated carbocycles. The molecule has 1 unspecified atom stereocenters. The number of sulfonamides is 1. The molecule has 0 spiro atoms. The number of halogens is 1. The van der Waals surface area contributed by atoms with E-state index in [1.165, 1.54) is 11.3 Å². The standard InChI is InChI=1S/C18H22BrN3O3S2/c1-13(18(23)20-15-6-4-14(19)5-7-15)22-10-8-16(9-11-22)21-27(24,25)17-3-2-12-26-17/h2-7,12-13,16,21H,8-11H2,1H3,(H,20,23). The summed E-state index contributed by atoms with van der Waals surface area (Å²) >= 11 is 4.59. The molecule has 9 heteroatoms. The minimum Gasteiger partial charge on any atom is -0.325 e. The third kappa shape index (κ3) is 5.39. The number of benzene rings is 1. The second-order valence-corrected chi connectivity index (χ2v) is 10.3. The van der Waals surface area contributed by atoms with Crippen molar-refractivity contribution >= 4 is 48.9 Å². The van der Waals surface area contributed by atoms with E-state index in [0.29, 0.717) is 30.1 Å². The number of likely N-dealkylation sites (tertiary alicyclic amines) is 1. The SMILES string of the molecule is CC(C(=O)Nc1ccc(Br)cc1)N1CCC(NS(=O)(=O)c2cccs2)CC1. The average Bonchev–Trinajstić information content (AvgIpc) is 3.19. The van der Waals surface area contributed by atoms with Crippen molar-refractivity contribution in [2.24, 2.45) is 0 Å². The first-order valence-electron chi connectivity index (χ1n) is 8.71. The summed E-state index contributed by atoms with van der Waals surface area (Å²) in [6.45, 7) is 3.23. The van der Waals surface area contributed by atoms with E-state index in [-0.39, 0.29) is 18.0 Å². The molecule has 1 aromatic heterocycles. The monoisotopic (exact) mass is 471 g/mol. The van der Waals surface area contributed by atoms with Gasteiger partial charge in [0.1, 0.15) is 4.21 Å². The van der Waals surface area contributed by atoms with Gasteiger partial charge in [-0.05, 0) is 55.5 Å². The highest BCUT2D eigenvalue weighted by molar-refractivity contribution is 9.10. The largest absolute Gasteiger partial charge is 0.325 e. The van der Waals surface area contributed by atoms with E-state index >= 15 is 0 Å². The fourth-order valence-corrected chi connectivity index (χ4v) is 5.62. The van der Waals surface area contributed by atoms with Crippen LogP contribution in [0.2, 0.25) is 0 Å². The van der Waals surface area contributed by atoms with Crippen LogP contribution in [0.5, 0.6) is 0 Å². The van der Waals surface area contributed by atoms with Crippen LogP contribution < -0.4 is 10.0 Å². The molecule has 1 amide bonds. The molecule has 1 atom stereocenters. The molecule has 27 heavy (non-hydrogen) atoms. The van der Waals surface area contributed by atoms with Gasteiger partial charge in [0.15, 0.2) is 0 Å². The first kappa shape index (κ1) is 20.5. The number of nitrogens with one attached hydrogen (secondary N) is 2. The number of hydrogen-bond donors (Lipinski definition) is 2. The molecule has 1 aliphatic heterocycles. The fraction of sp³-hybridized carbons (Fsp3) is 0.389. The Kier molecular flexibility index (Phi) is 6.69. The van der Waals surface area contributed by atoms with Crippen LogP contribution in [0.4, 0.5) is 5.69 Å². The van der Waals surface area contributed by atoms with E-state index in [9.17, 15) is 13.2 Å². The fourth-order valence-electron chi connectivity index (χ4n) is 3.04. The number of piperidine rings is 1. The van der Waals surface area contributed by atoms with Gasteiger partial charge in [-0.15, -0.1) is 11.3 Å². The number of carbonyl (C=O) groups is 1. The second-order valence-electron chi connectivity index (χ2n) is 6.54. The molecule has 1 aliphatic rings. The Labute approximate surface area is 172 Å². The number of thiophene rings is 1. The zero-order valence-electron chi connectivity index (χ0n) is 14.9. The van der Waals surface area contributed by atoms with Crippen molar-refractivity contribution in [3.05, 3.63) is 46.3 Å². The Hall–Kier alpha value is -1.26. The first-order chi connectivity index (χ1) is 12.8. The molecule has 146 valence electrons. The molecule has 2 aromatic rings. The molecule has 6 nitrogen and oxygen atoms in total. The normalized spacial score (nSPS) is 17.6. The average molecular weight is 472 g/mol. The van der Waals surface area contributed by atoms with E-state index in [0.717, 1.165) is 10.2 Å². The van der Waals surface area contributed by atoms with Gasteiger partial charge >= 0.3 is 0 Å². The maximum atomic E-state index is 12.5. The van der Waals surface area contributed by atoms with Gasteiger partial charge < -0.3 is 5.32 Å². The molecule has 0 aliphatic carbocycles. The predicted molar refractivity (Wildman–Crippen MR) is 111 cm³/mol. The molecule has 2 N–H and O–H groups in total. The van der Waals surface area contributed by atoms with Gasteiger partial charge in [-0.25, -0.2) is 13.1 Å². The lowest BCUT2D eigenvalue weighted by molar-refractivity contribution is -0.121. The Morgan fingerprint density at radius 1 is 1.22 bits per heavy atom. The summed E-state index contributed by atoms with van der Waals surface area (Å²) in [7, 11) is -3.45. The van der Waals surface area contributed by atoms with Gasteiger partial charge in [-0.1, -0.05) is 22.0 Å². The number of anilines is 1. The van der Waals surface area contributed by atoms with Crippen LogP contribution in [0.15, 0.2) is 50.5 Å².